The fraction of sp³-hybridized carbons (Fsp3) is 0.538. The molecule has 1 heterocycles. The predicted octanol–water partition coefficient (Wildman–Crippen LogP) is 2.44. The molecule has 7 heteroatoms. The standard InChI is InChI=1S/C13H19ClN2O2S.ClH/c1-10-12(14)4-3-5-13(10)19(17,18)16(2)11-6-8-15-9-7-11;/h3-5,11,15H,6-9H2,1-2H3;1H. The first-order chi connectivity index (χ1) is 8.94. The van der Waals surface area contributed by atoms with Gasteiger partial charge in [-0.3, -0.25) is 0 Å². The lowest BCUT2D eigenvalue weighted by atomic mass is 10.1. The molecule has 0 saturated carbocycles. The Morgan fingerprint density at radius 1 is 1.30 bits per heavy atom. The number of benzene rings is 1. The normalized spacial score (nSPS) is 17.0. The van der Waals surface area contributed by atoms with Gasteiger partial charge in [-0.15, -0.1) is 12.4 Å². The summed E-state index contributed by atoms with van der Waals surface area (Å²) in [5, 5.41) is 3.72. The highest BCUT2D eigenvalue weighted by molar-refractivity contribution is 7.89. The first-order valence-electron chi connectivity index (χ1n) is 6.38. The van der Waals surface area contributed by atoms with E-state index in [1.54, 1.807) is 32.2 Å². The summed E-state index contributed by atoms with van der Waals surface area (Å²) < 4.78 is 26.8. The molecule has 0 spiro atoms. The molecule has 0 amide bonds. The summed E-state index contributed by atoms with van der Waals surface area (Å²) in [6, 6.07) is 5.07. The van der Waals surface area contributed by atoms with Crippen molar-refractivity contribution in [3.8, 4) is 0 Å². The van der Waals surface area contributed by atoms with Crippen molar-refractivity contribution in [3.05, 3.63) is 28.8 Å². The average Bonchev–Trinajstić information content (AvgIpc) is 2.41. The quantitative estimate of drug-likeness (QED) is 0.920. The van der Waals surface area contributed by atoms with E-state index in [4.69, 9.17) is 11.6 Å². The number of piperidine rings is 1. The van der Waals surface area contributed by atoms with Gasteiger partial charge in [-0.25, -0.2) is 8.42 Å². The van der Waals surface area contributed by atoms with Crippen molar-refractivity contribution in [2.45, 2.75) is 30.7 Å². The highest BCUT2D eigenvalue weighted by atomic mass is 35.5. The van der Waals surface area contributed by atoms with Crippen molar-refractivity contribution < 1.29 is 8.42 Å². The summed E-state index contributed by atoms with van der Waals surface area (Å²) >= 11 is 6.02. The van der Waals surface area contributed by atoms with Gasteiger partial charge in [0.05, 0.1) is 4.90 Å². The van der Waals surface area contributed by atoms with Crippen molar-refractivity contribution in [2.24, 2.45) is 0 Å². The summed E-state index contributed by atoms with van der Waals surface area (Å²) in [4.78, 5) is 0.307. The van der Waals surface area contributed by atoms with Gasteiger partial charge < -0.3 is 5.32 Å². The van der Waals surface area contributed by atoms with E-state index in [0.717, 1.165) is 25.9 Å². The molecule has 1 aromatic rings. The Balaban J connectivity index is 0.00000200. The third-order valence-corrected chi connectivity index (χ3v) is 6.16. The van der Waals surface area contributed by atoms with Gasteiger partial charge in [-0.2, -0.15) is 4.31 Å². The molecule has 1 saturated heterocycles. The maximum absolute atomic E-state index is 12.7. The van der Waals surface area contributed by atoms with Crippen LogP contribution >= 0.6 is 24.0 Å². The van der Waals surface area contributed by atoms with Crippen LogP contribution in [0.3, 0.4) is 0 Å². The second-order valence-electron chi connectivity index (χ2n) is 4.87. The molecule has 2 rings (SSSR count). The zero-order valence-electron chi connectivity index (χ0n) is 11.6. The van der Waals surface area contributed by atoms with Crippen LogP contribution in [0.5, 0.6) is 0 Å². The van der Waals surface area contributed by atoms with Crippen LogP contribution in [-0.2, 0) is 10.0 Å². The Kier molecular flexibility index (Phi) is 6.28. The van der Waals surface area contributed by atoms with Gasteiger partial charge in [-0.1, -0.05) is 17.7 Å². The van der Waals surface area contributed by atoms with E-state index >= 15 is 0 Å². The van der Waals surface area contributed by atoms with Gasteiger partial charge in [0.25, 0.3) is 0 Å². The SMILES string of the molecule is Cc1c(Cl)cccc1S(=O)(=O)N(C)C1CCNCC1.Cl. The van der Waals surface area contributed by atoms with E-state index in [0.29, 0.717) is 15.5 Å². The van der Waals surface area contributed by atoms with Crippen molar-refractivity contribution in [1.82, 2.24) is 9.62 Å². The zero-order valence-corrected chi connectivity index (χ0v) is 14.0. The second-order valence-corrected chi connectivity index (χ2v) is 7.24. The molecule has 1 fully saturated rings. The van der Waals surface area contributed by atoms with E-state index in [1.165, 1.54) is 4.31 Å². The van der Waals surface area contributed by atoms with Crippen molar-refractivity contribution in [3.63, 3.8) is 0 Å². The number of rotatable bonds is 3. The molecule has 4 nitrogen and oxygen atoms in total. The van der Waals surface area contributed by atoms with E-state index in [-0.39, 0.29) is 18.4 Å². The molecule has 0 bridgehead atoms. The molecule has 0 atom stereocenters. The molecule has 0 aliphatic carbocycles. The minimum atomic E-state index is -3.47. The Morgan fingerprint density at radius 2 is 1.90 bits per heavy atom. The molecular formula is C13H20Cl2N2O2S. The van der Waals surface area contributed by atoms with Gasteiger partial charge in [0.1, 0.15) is 0 Å². The van der Waals surface area contributed by atoms with E-state index < -0.39 is 10.0 Å². The molecule has 1 aromatic carbocycles. The maximum atomic E-state index is 12.7. The minimum Gasteiger partial charge on any atom is -0.317 e. The summed E-state index contributed by atoms with van der Waals surface area (Å²) in [7, 11) is -1.81. The number of hydrogen-bond acceptors (Lipinski definition) is 3. The van der Waals surface area contributed by atoms with Gasteiger partial charge in [0.15, 0.2) is 0 Å². The Bertz CT molecular complexity index is 557. The zero-order chi connectivity index (χ0) is 14.0. The summed E-state index contributed by atoms with van der Waals surface area (Å²) in [6.07, 6.45) is 1.69. The van der Waals surface area contributed by atoms with Crippen molar-refractivity contribution >= 4 is 34.0 Å². The summed E-state index contributed by atoms with van der Waals surface area (Å²) in [5.74, 6) is 0. The minimum absolute atomic E-state index is 0. The fourth-order valence-electron chi connectivity index (χ4n) is 2.39. The largest absolute Gasteiger partial charge is 0.317 e. The van der Waals surface area contributed by atoms with Gasteiger partial charge in [0.2, 0.25) is 10.0 Å². The molecule has 0 aromatic heterocycles. The number of halogens is 2. The topological polar surface area (TPSA) is 49.4 Å². The van der Waals surface area contributed by atoms with Gasteiger partial charge >= 0.3 is 0 Å². The lowest BCUT2D eigenvalue weighted by molar-refractivity contribution is 0.296. The first-order valence-corrected chi connectivity index (χ1v) is 8.20. The van der Waals surface area contributed by atoms with Gasteiger partial charge in [-0.05, 0) is 50.6 Å². The van der Waals surface area contributed by atoms with Crippen LogP contribution in [-0.4, -0.2) is 38.9 Å². The van der Waals surface area contributed by atoms with Crippen LogP contribution in [0.15, 0.2) is 23.1 Å². The highest BCUT2D eigenvalue weighted by Gasteiger charge is 2.30. The first kappa shape index (κ1) is 17.7. The van der Waals surface area contributed by atoms with Crippen LogP contribution in [0.1, 0.15) is 18.4 Å². The number of nitrogens with one attached hydrogen (secondary N) is 1. The number of sulfonamides is 1. The smallest absolute Gasteiger partial charge is 0.243 e. The lowest BCUT2D eigenvalue weighted by Crippen LogP contribution is -2.44. The maximum Gasteiger partial charge on any atom is 0.243 e. The fourth-order valence-corrected chi connectivity index (χ4v) is 4.28. The molecule has 0 unspecified atom stereocenters. The number of hydrogen-bond donors (Lipinski definition) is 1. The third-order valence-electron chi connectivity index (χ3n) is 3.70. The molecule has 20 heavy (non-hydrogen) atoms. The molecule has 114 valence electrons. The molecule has 1 N–H and O–H groups in total. The lowest BCUT2D eigenvalue weighted by Gasteiger charge is -2.31. The monoisotopic (exact) mass is 338 g/mol. The Labute approximate surface area is 132 Å². The van der Waals surface area contributed by atoms with E-state index in [2.05, 4.69) is 5.32 Å². The third kappa shape index (κ3) is 3.46. The highest BCUT2D eigenvalue weighted by Crippen LogP contribution is 2.27. The molecule has 1 aliphatic rings. The van der Waals surface area contributed by atoms with Crippen molar-refractivity contribution in [1.29, 1.82) is 0 Å². The van der Waals surface area contributed by atoms with Crippen LogP contribution in [0.2, 0.25) is 5.02 Å². The van der Waals surface area contributed by atoms with E-state index in [1.807, 2.05) is 0 Å². The van der Waals surface area contributed by atoms with Crippen LogP contribution in [0.4, 0.5) is 0 Å². The van der Waals surface area contributed by atoms with E-state index in [9.17, 15) is 8.42 Å². The molecule has 1 aliphatic heterocycles. The summed E-state index contributed by atoms with van der Waals surface area (Å²) in [5.41, 5.74) is 0.616. The average molecular weight is 339 g/mol. The van der Waals surface area contributed by atoms with Crippen LogP contribution in [0.25, 0.3) is 0 Å². The van der Waals surface area contributed by atoms with Gasteiger partial charge in [0, 0.05) is 18.1 Å². The Hall–Kier alpha value is -0.330. The second kappa shape index (κ2) is 7.09. The predicted molar refractivity (Wildman–Crippen MR) is 84.3 cm³/mol. The van der Waals surface area contributed by atoms with Crippen LogP contribution in [0, 0.1) is 6.92 Å². The number of nitrogens with zero attached hydrogens (tertiary/aromatic N) is 1. The Morgan fingerprint density at radius 3 is 2.50 bits per heavy atom. The van der Waals surface area contributed by atoms with Crippen LogP contribution < -0.4 is 5.32 Å². The molecular weight excluding hydrogens is 319 g/mol. The van der Waals surface area contributed by atoms with Crippen molar-refractivity contribution in [2.75, 3.05) is 20.1 Å². The molecule has 0 radical (unpaired) electrons. The summed E-state index contributed by atoms with van der Waals surface area (Å²) in [6.45, 7) is 3.46.